The second-order valence-corrected chi connectivity index (χ2v) is 5.00. The van der Waals surface area contributed by atoms with Crippen LogP contribution in [0.4, 0.5) is 0 Å². The maximum Gasteiger partial charge on any atom is 0.249 e. The van der Waals surface area contributed by atoms with Crippen molar-refractivity contribution < 1.29 is 4.79 Å². The molecule has 1 aliphatic rings. The maximum atomic E-state index is 12.4. The van der Waals surface area contributed by atoms with Gasteiger partial charge in [-0.3, -0.25) is 4.79 Å². The lowest BCUT2D eigenvalue weighted by Crippen LogP contribution is -2.31. The molecule has 0 saturated carbocycles. The third-order valence-electron chi connectivity index (χ3n) is 3.69. The number of amides is 1. The van der Waals surface area contributed by atoms with Gasteiger partial charge in [-0.1, -0.05) is 13.0 Å². The Hall–Kier alpha value is -1.51. The molecule has 0 radical (unpaired) electrons. The molecule has 3 heteroatoms. The molecule has 1 amide bonds. The number of carbonyl (C=O) groups is 1. The van der Waals surface area contributed by atoms with E-state index in [2.05, 4.69) is 17.6 Å². The molecule has 0 N–H and O–H groups in total. The smallest absolute Gasteiger partial charge is 0.249 e. The Balaban J connectivity index is 2.21. The summed E-state index contributed by atoms with van der Waals surface area (Å²) in [5, 5.41) is 0. The molecule has 1 fully saturated rings. The van der Waals surface area contributed by atoms with Crippen LogP contribution in [-0.2, 0) is 11.8 Å². The first-order valence-electron chi connectivity index (χ1n) is 6.74. The van der Waals surface area contributed by atoms with Gasteiger partial charge in [-0.15, -0.1) is 0 Å². The zero-order chi connectivity index (χ0) is 13.1. The van der Waals surface area contributed by atoms with Crippen molar-refractivity contribution in [2.45, 2.75) is 39.2 Å². The lowest BCUT2D eigenvalue weighted by atomic mass is 10.1. The highest BCUT2D eigenvalue weighted by molar-refractivity contribution is 5.93. The van der Waals surface area contributed by atoms with Gasteiger partial charge in [0.2, 0.25) is 5.91 Å². The highest BCUT2D eigenvalue weighted by Crippen LogP contribution is 2.32. The van der Waals surface area contributed by atoms with Crippen LogP contribution in [0.2, 0.25) is 0 Å². The summed E-state index contributed by atoms with van der Waals surface area (Å²) in [6.07, 6.45) is 7.15. The number of hydrogen-bond donors (Lipinski definition) is 0. The minimum Gasteiger partial charge on any atom is -0.353 e. The second-order valence-electron chi connectivity index (χ2n) is 5.00. The summed E-state index contributed by atoms with van der Waals surface area (Å²) >= 11 is 0. The molecule has 1 aliphatic heterocycles. The molecule has 0 spiro atoms. The molecule has 2 heterocycles. The predicted molar refractivity (Wildman–Crippen MR) is 73.1 cm³/mol. The third kappa shape index (κ3) is 2.35. The van der Waals surface area contributed by atoms with Crippen molar-refractivity contribution in [1.82, 2.24) is 9.47 Å². The van der Waals surface area contributed by atoms with Gasteiger partial charge in [-0.25, -0.2) is 0 Å². The molecule has 2 rings (SSSR count). The van der Waals surface area contributed by atoms with E-state index in [1.54, 1.807) is 0 Å². The highest BCUT2D eigenvalue weighted by atomic mass is 16.2. The first kappa shape index (κ1) is 12.9. The summed E-state index contributed by atoms with van der Waals surface area (Å²) in [4.78, 5) is 14.4. The number of rotatable bonds is 3. The van der Waals surface area contributed by atoms with Gasteiger partial charge in [0, 0.05) is 31.1 Å². The van der Waals surface area contributed by atoms with Crippen LogP contribution in [-0.4, -0.2) is 21.9 Å². The van der Waals surface area contributed by atoms with E-state index in [1.165, 1.54) is 5.69 Å². The van der Waals surface area contributed by atoms with Gasteiger partial charge in [0.05, 0.1) is 6.04 Å². The minimum absolute atomic E-state index is 0.195. The van der Waals surface area contributed by atoms with Gasteiger partial charge < -0.3 is 9.47 Å². The van der Waals surface area contributed by atoms with E-state index in [0.29, 0.717) is 0 Å². The average molecular weight is 246 g/mol. The maximum absolute atomic E-state index is 12.4. The number of carbonyl (C=O) groups excluding carboxylic acids is 1. The second kappa shape index (κ2) is 5.42. The predicted octanol–water partition coefficient (Wildman–Crippen LogP) is 3.04. The summed E-state index contributed by atoms with van der Waals surface area (Å²) in [6, 6.07) is 4.41. The highest BCUT2D eigenvalue weighted by Gasteiger charge is 2.31. The van der Waals surface area contributed by atoms with Crippen LogP contribution in [0.5, 0.6) is 0 Å². The Morgan fingerprint density at radius 1 is 1.56 bits per heavy atom. The van der Waals surface area contributed by atoms with E-state index < -0.39 is 0 Å². The van der Waals surface area contributed by atoms with Crippen molar-refractivity contribution in [2.24, 2.45) is 7.05 Å². The third-order valence-corrected chi connectivity index (χ3v) is 3.69. The zero-order valence-corrected chi connectivity index (χ0v) is 11.5. The van der Waals surface area contributed by atoms with Crippen LogP contribution in [0.1, 0.15) is 44.8 Å². The number of hydrogen-bond acceptors (Lipinski definition) is 1. The monoisotopic (exact) mass is 246 g/mol. The average Bonchev–Trinajstić information content (AvgIpc) is 2.96. The van der Waals surface area contributed by atoms with Crippen LogP contribution in [0, 0.1) is 0 Å². The van der Waals surface area contributed by atoms with Crippen LogP contribution in [0.3, 0.4) is 0 Å². The fourth-order valence-corrected chi connectivity index (χ4v) is 2.76. The molecule has 1 aromatic rings. The largest absolute Gasteiger partial charge is 0.353 e. The lowest BCUT2D eigenvalue weighted by Gasteiger charge is -2.25. The molecule has 1 saturated heterocycles. The molecular weight excluding hydrogens is 224 g/mol. The van der Waals surface area contributed by atoms with Gasteiger partial charge in [-0.05, 0) is 38.3 Å². The van der Waals surface area contributed by atoms with Crippen molar-refractivity contribution in [3.63, 3.8) is 0 Å². The molecule has 0 bridgehead atoms. The number of aromatic nitrogens is 1. The molecule has 0 aromatic carbocycles. The Morgan fingerprint density at radius 2 is 2.33 bits per heavy atom. The van der Waals surface area contributed by atoms with Crippen molar-refractivity contribution in [3.05, 3.63) is 35.7 Å². The quantitative estimate of drug-likeness (QED) is 0.752. The fourth-order valence-electron chi connectivity index (χ4n) is 2.76. The Kier molecular flexibility index (Phi) is 3.90. The normalized spacial score (nSPS) is 20.5. The van der Waals surface area contributed by atoms with Gasteiger partial charge >= 0.3 is 0 Å². The number of likely N-dealkylation sites (tertiary alicyclic amines) is 1. The molecule has 18 heavy (non-hydrogen) atoms. The number of nitrogens with zero attached hydrogens (tertiary/aromatic N) is 2. The van der Waals surface area contributed by atoms with Gasteiger partial charge in [0.25, 0.3) is 0 Å². The van der Waals surface area contributed by atoms with E-state index in [4.69, 9.17) is 0 Å². The summed E-state index contributed by atoms with van der Waals surface area (Å²) < 4.78 is 2.12. The Bertz CT molecular complexity index is 459. The summed E-state index contributed by atoms with van der Waals surface area (Å²) in [5.41, 5.74) is 2.11. The number of allylic oxidation sites excluding steroid dienone is 1. The van der Waals surface area contributed by atoms with E-state index in [0.717, 1.165) is 31.4 Å². The van der Waals surface area contributed by atoms with E-state index in [1.807, 2.05) is 37.2 Å². The Morgan fingerprint density at radius 3 is 2.94 bits per heavy atom. The minimum atomic E-state index is 0.195. The summed E-state index contributed by atoms with van der Waals surface area (Å²) in [6.45, 7) is 4.87. The topological polar surface area (TPSA) is 25.2 Å². The first-order chi connectivity index (χ1) is 8.65. The summed E-state index contributed by atoms with van der Waals surface area (Å²) in [5.74, 6) is 0.195. The van der Waals surface area contributed by atoms with Gasteiger partial charge in [-0.2, -0.15) is 0 Å². The van der Waals surface area contributed by atoms with Crippen molar-refractivity contribution in [1.29, 1.82) is 0 Å². The molecule has 3 nitrogen and oxygen atoms in total. The van der Waals surface area contributed by atoms with Crippen molar-refractivity contribution in [2.75, 3.05) is 6.54 Å². The van der Waals surface area contributed by atoms with Crippen molar-refractivity contribution in [3.8, 4) is 0 Å². The van der Waals surface area contributed by atoms with Crippen LogP contribution in [0.25, 0.3) is 0 Å². The van der Waals surface area contributed by atoms with Gasteiger partial charge in [0.15, 0.2) is 0 Å². The van der Waals surface area contributed by atoms with Crippen LogP contribution < -0.4 is 0 Å². The Labute approximate surface area is 109 Å². The van der Waals surface area contributed by atoms with E-state index in [-0.39, 0.29) is 11.9 Å². The molecule has 98 valence electrons. The summed E-state index contributed by atoms with van der Waals surface area (Å²) in [7, 11) is 2.05. The van der Waals surface area contributed by atoms with Crippen molar-refractivity contribution >= 4 is 5.91 Å². The SMILES string of the molecule is CCC=C(C)C(=O)N1CCCC1c1cccn1C. The molecule has 1 aromatic heterocycles. The standard InChI is InChI=1S/C15H22N2O/c1-4-7-12(2)15(18)17-11-6-9-14(17)13-8-5-10-16(13)3/h5,7-8,10,14H,4,6,9,11H2,1-3H3. The molecule has 1 unspecified atom stereocenters. The van der Waals surface area contributed by atoms with E-state index in [9.17, 15) is 4.79 Å². The van der Waals surface area contributed by atoms with E-state index >= 15 is 0 Å². The zero-order valence-electron chi connectivity index (χ0n) is 11.5. The van der Waals surface area contributed by atoms with Crippen LogP contribution >= 0.6 is 0 Å². The molecule has 1 atom stereocenters. The van der Waals surface area contributed by atoms with Gasteiger partial charge in [0.1, 0.15) is 0 Å². The fraction of sp³-hybridized carbons (Fsp3) is 0.533. The lowest BCUT2D eigenvalue weighted by molar-refractivity contribution is -0.128. The number of aryl methyl sites for hydroxylation is 1. The molecular formula is C15H22N2O. The molecule has 0 aliphatic carbocycles. The van der Waals surface area contributed by atoms with Crippen LogP contribution in [0.15, 0.2) is 30.0 Å². The first-order valence-corrected chi connectivity index (χ1v) is 6.74.